The minimum Gasteiger partial charge on any atom is -0.396 e. The van der Waals surface area contributed by atoms with Gasteiger partial charge in [-0.25, -0.2) is 9.67 Å². The number of hydrogen-bond acceptors (Lipinski definition) is 4. The van der Waals surface area contributed by atoms with Gasteiger partial charge in [-0.3, -0.25) is 4.79 Å². The van der Waals surface area contributed by atoms with E-state index < -0.39 is 11.7 Å². The molecule has 3 aromatic rings. The number of aromatic amines is 1. The molecule has 0 saturated carbocycles. The Labute approximate surface area is 139 Å². The molecular formula is C16H15F3N4O2. The Hall–Kier alpha value is -2.68. The van der Waals surface area contributed by atoms with E-state index >= 15 is 0 Å². The number of nitrogens with one attached hydrogen (secondary N) is 1. The van der Waals surface area contributed by atoms with Crippen LogP contribution in [0, 0.1) is 6.92 Å². The summed E-state index contributed by atoms with van der Waals surface area (Å²) in [6.45, 7) is 1.61. The fourth-order valence-electron chi connectivity index (χ4n) is 2.62. The van der Waals surface area contributed by atoms with Crippen molar-refractivity contribution < 1.29 is 18.3 Å². The van der Waals surface area contributed by atoms with Crippen molar-refractivity contribution in [3.63, 3.8) is 0 Å². The monoisotopic (exact) mass is 352 g/mol. The Morgan fingerprint density at radius 3 is 2.52 bits per heavy atom. The van der Waals surface area contributed by atoms with Crippen LogP contribution in [0.25, 0.3) is 11.0 Å². The quantitative estimate of drug-likeness (QED) is 0.753. The number of benzene rings is 1. The summed E-state index contributed by atoms with van der Waals surface area (Å²) >= 11 is 0. The maximum absolute atomic E-state index is 12.6. The molecule has 0 atom stereocenters. The van der Waals surface area contributed by atoms with Crippen LogP contribution in [0.2, 0.25) is 0 Å². The summed E-state index contributed by atoms with van der Waals surface area (Å²) in [5, 5.41) is 13.7. The topological polar surface area (TPSA) is 83.8 Å². The summed E-state index contributed by atoms with van der Waals surface area (Å²) in [5.41, 5.74) is 0.244. The van der Waals surface area contributed by atoms with E-state index in [1.165, 1.54) is 16.8 Å². The van der Waals surface area contributed by atoms with Gasteiger partial charge < -0.3 is 10.1 Å². The number of H-pyrrole nitrogens is 1. The lowest BCUT2D eigenvalue weighted by Crippen LogP contribution is -2.12. The Morgan fingerprint density at radius 2 is 1.92 bits per heavy atom. The summed E-state index contributed by atoms with van der Waals surface area (Å²) in [4.78, 5) is 19.0. The molecule has 0 aliphatic rings. The van der Waals surface area contributed by atoms with Crippen molar-refractivity contribution in [2.45, 2.75) is 26.1 Å². The molecule has 0 saturated heterocycles. The summed E-state index contributed by atoms with van der Waals surface area (Å²) in [6.07, 6.45) is -4.21. The van der Waals surface area contributed by atoms with Gasteiger partial charge in [-0.2, -0.15) is 18.3 Å². The standard InChI is InChI=1S/C16H15F3N4O2/c1-9-20-14-13(15(25)21-9)12(6-7-24)22-23(14)8-10-2-4-11(5-3-10)16(17,18)19/h2-5,24H,6-8H2,1H3,(H,20,21,25). The molecule has 132 valence electrons. The van der Waals surface area contributed by atoms with E-state index in [1.807, 2.05) is 0 Å². The van der Waals surface area contributed by atoms with Crippen molar-refractivity contribution in [2.75, 3.05) is 6.61 Å². The summed E-state index contributed by atoms with van der Waals surface area (Å²) < 4.78 is 39.4. The lowest BCUT2D eigenvalue weighted by molar-refractivity contribution is -0.137. The normalized spacial score (nSPS) is 12.0. The highest BCUT2D eigenvalue weighted by atomic mass is 19.4. The molecular weight excluding hydrogens is 337 g/mol. The Bertz CT molecular complexity index is 958. The van der Waals surface area contributed by atoms with Gasteiger partial charge in [-0.05, 0) is 24.6 Å². The summed E-state index contributed by atoms with van der Waals surface area (Å²) in [7, 11) is 0. The first-order valence-corrected chi connectivity index (χ1v) is 7.53. The average Bonchev–Trinajstić information content (AvgIpc) is 2.85. The predicted octanol–water partition coefficient (Wildman–Crippen LogP) is 2.03. The first kappa shape index (κ1) is 17.2. The number of aliphatic hydroxyl groups excluding tert-OH is 1. The van der Waals surface area contributed by atoms with Crippen molar-refractivity contribution in [2.24, 2.45) is 0 Å². The number of nitrogens with zero attached hydrogens (tertiary/aromatic N) is 3. The number of aliphatic hydroxyl groups is 1. The second-order valence-corrected chi connectivity index (χ2v) is 5.62. The van der Waals surface area contributed by atoms with E-state index in [1.54, 1.807) is 6.92 Å². The molecule has 0 aliphatic heterocycles. The molecule has 0 fully saturated rings. The van der Waals surface area contributed by atoms with Crippen molar-refractivity contribution >= 4 is 11.0 Å². The molecule has 0 aliphatic carbocycles. The highest BCUT2D eigenvalue weighted by Gasteiger charge is 2.30. The first-order valence-electron chi connectivity index (χ1n) is 7.53. The van der Waals surface area contributed by atoms with Crippen LogP contribution in [0.1, 0.15) is 22.6 Å². The van der Waals surface area contributed by atoms with Crippen LogP contribution in [0.3, 0.4) is 0 Å². The molecule has 9 heteroatoms. The fourth-order valence-corrected chi connectivity index (χ4v) is 2.62. The second kappa shape index (κ2) is 6.32. The highest BCUT2D eigenvalue weighted by Crippen LogP contribution is 2.29. The van der Waals surface area contributed by atoms with E-state index in [4.69, 9.17) is 5.11 Å². The maximum atomic E-state index is 12.6. The molecule has 1 aromatic carbocycles. The van der Waals surface area contributed by atoms with Crippen LogP contribution in [0.15, 0.2) is 29.1 Å². The van der Waals surface area contributed by atoms with Gasteiger partial charge in [-0.1, -0.05) is 12.1 Å². The van der Waals surface area contributed by atoms with E-state index in [0.717, 1.165) is 12.1 Å². The van der Waals surface area contributed by atoms with E-state index in [0.29, 0.717) is 22.7 Å². The van der Waals surface area contributed by atoms with E-state index in [-0.39, 0.29) is 30.5 Å². The number of halogens is 3. The molecule has 0 amide bonds. The van der Waals surface area contributed by atoms with Crippen LogP contribution in [0.4, 0.5) is 13.2 Å². The summed E-state index contributed by atoms with van der Waals surface area (Å²) in [5.74, 6) is 0.404. The lowest BCUT2D eigenvalue weighted by atomic mass is 10.1. The first-order chi connectivity index (χ1) is 11.8. The third kappa shape index (κ3) is 3.41. The van der Waals surface area contributed by atoms with Crippen LogP contribution in [-0.4, -0.2) is 31.5 Å². The van der Waals surface area contributed by atoms with Gasteiger partial charge in [0.2, 0.25) is 0 Å². The van der Waals surface area contributed by atoms with Crippen molar-refractivity contribution in [1.82, 2.24) is 19.7 Å². The average molecular weight is 352 g/mol. The third-order valence-corrected chi connectivity index (χ3v) is 3.76. The minimum absolute atomic E-state index is 0.163. The molecule has 0 radical (unpaired) electrons. The number of aromatic nitrogens is 4. The molecule has 3 rings (SSSR count). The van der Waals surface area contributed by atoms with E-state index in [9.17, 15) is 18.0 Å². The fraction of sp³-hybridized carbons (Fsp3) is 0.312. The van der Waals surface area contributed by atoms with Gasteiger partial charge in [0.15, 0.2) is 5.65 Å². The Morgan fingerprint density at radius 1 is 1.24 bits per heavy atom. The summed E-state index contributed by atoms with van der Waals surface area (Å²) in [6, 6.07) is 4.73. The molecule has 2 heterocycles. The molecule has 2 N–H and O–H groups in total. The zero-order chi connectivity index (χ0) is 18.2. The SMILES string of the molecule is Cc1nc2c(c(CCO)nn2Cc2ccc(C(F)(F)F)cc2)c(=O)[nH]1. The number of hydrogen-bond donors (Lipinski definition) is 2. The molecule has 0 spiro atoms. The van der Waals surface area contributed by atoms with Crippen molar-refractivity contribution in [3.8, 4) is 0 Å². The molecule has 0 bridgehead atoms. The van der Waals surface area contributed by atoms with Gasteiger partial charge in [0, 0.05) is 13.0 Å². The lowest BCUT2D eigenvalue weighted by Gasteiger charge is -2.08. The predicted molar refractivity (Wildman–Crippen MR) is 84.2 cm³/mol. The van der Waals surface area contributed by atoms with Crippen LogP contribution in [0.5, 0.6) is 0 Å². The van der Waals surface area contributed by atoms with Gasteiger partial charge in [0.1, 0.15) is 11.2 Å². The van der Waals surface area contributed by atoms with Crippen LogP contribution >= 0.6 is 0 Å². The minimum atomic E-state index is -4.39. The van der Waals surface area contributed by atoms with E-state index in [2.05, 4.69) is 15.1 Å². The zero-order valence-electron chi connectivity index (χ0n) is 13.3. The zero-order valence-corrected chi connectivity index (χ0v) is 13.3. The largest absolute Gasteiger partial charge is 0.416 e. The third-order valence-electron chi connectivity index (χ3n) is 3.76. The van der Waals surface area contributed by atoms with Gasteiger partial charge in [-0.15, -0.1) is 0 Å². The van der Waals surface area contributed by atoms with Gasteiger partial charge in [0.25, 0.3) is 5.56 Å². The van der Waals surface area contributed by atoms with Gasteiger partial charge >= 0.3 is 6.18 Å². The van der Waals surface area contributed by atoms with Crippen LogP contribution in [-0.2, 0) is 19.1 Å². The van der Waals surface area contributed by atoms with Gasteiger partial charge in [0.05, 0.1) is 17.8 Å². The van der Waals surface area contributed by atoms with Crippen molar-refractivity contribution in [3.05, 3.63) is 57.3 Å². The second-order valence-electron chi connectivity index (χ2n) is 5.62. The maximum Gasteiger partial charge on any atom is 0.416 e. The number of aryl methyl sites for hydroxylation is 1. The number of alkyl halides is 3. The smallest absolute Gasteiger partial charge is 0.396 e. The van der Waals surface area contributed by atoms with Crippen molar-refractivity contribution in [1.29, 1.82) is 0 Å². The molecule has 0 unspecified atom stereocenters. The van der Waals surface area contributed by atoms with Crippen LogP contribution < -0.4 is 5.56 Å². The Balaban J connectivity index is 2.03. The molecule has 25 heavy (non-hydrogen) atoms. The highest BCUT2D eigenvalue weighted by molar-refractivity contribution is 5.77. The molecule has 2 aromatic heterocycles. The molecule has 6 nitrogen and oxygen atoms in total. The number of fused-ring (bicyclic) bond motifs is 1. The number of rotatable bonds is 4. The Kier molecular flexibility index (Phi) is 4.34.